The normalized spacial score (nSPS) is 12.1. The van der Waals surface area contributed by atoms with Crippen LogP contribution in [0.2, 0.25) is 0 Å². The van der Waals surface area contributed by atoms with Crippen LogP contribution in [0.5, 0.6) is 0 Å². The van der Waals surface area contributed by atoms with Crippen molar-refractivity contribution in [2.45, 2.75) is 18.2 Å². The number of aromatic nitrogens is 1. The van der Waals surface area contributed by atoms with E-state index in [2.05, 4.69) is 4.98 Å². The van der Waals surface area contributed by atoms with Crippen LogP contribution in [-0.2, 0) is 9.05 Å². The third-order valence-electron chi connectivity index (χ3n) is 1.62. The number of aryl methyl sites for hydroxylation is 1. The van der Waals surface area contributed by atoms with Crippen LogP contribution in [0.3, 0.4) is 0 Å². The predicted octanol–water partition coefficient (Wildman–Crippen LogP) is 2.86. The average Bonchev–Trinajstić information content (AvgIpc) is 2.06. The molecule has 0 aliphatic rings. The van der Waals surface area contributed by atoms with Gasteiger partial charge in [0.1, 0.15) is 10.6 Å². The van der Waals surface area contributed by atoms with Crippen LogP contribution in [0.1, 0.15) is 17.8 Å². The summed E-state index contributed by atoms with van der Waals surface area (Å²) in [6, 6.07) is 1.09. The van der Waals surface area contributed by atoms with Crippen LogP contribution in [-0.4, -0.2) is 13.4 Å². The van der Waals surface area contributed by atoms with Crippen molar-refractivity contribution in [2.75, 3.05) is 0 Å². The third-order valence-corrected chi connectivity index (χ3v) is 3.92. The van der Waals surface area contributed by atoms with E-state index in [1.165, 1.54) is 6.92 Å². The van der Waals surface area contributed by atoms with Crippen molar-refractivity contribution in [3.8, 4) is 0 Å². The molecule has 0 saturated carbocycles. The smallest absolute Gasteiger partial charge is 0.250 e. The summed E-state index contributed by atoms with van der Waals surface area (Å²) < 4.78 is 46.9. The molecule has 1 rings (SSSR count). The minimum absolute atomic E-state index is 0.0271. The van der Waals surface area contributed by atoms with Crippen molar-refractivity contribution in [3.05, 3.63) is 21.0 Å². The van der Waals surface area contributed by atoms with Crippen molar-refractivity contribution < 1.29 is 17.2 Å². The maximum atomic E-state index is 12.4. The minimum Gasteiger partial charge on any atom is -0.250 e. The van der Waals surface area contributed by atoms with E-state index >= 15 is 0 Å². The molecule has 84 valence electrons. The van der Waals surface area contributed by atoms with Crippen molar-refractivity contribution in [1.29, 1.82) is 0 Å². The molecule has 1 aromatic heterocycles. The van der Waals surface area contributed by atoms with Crippen LogP contribution >= 0.6 is 33.3 Å². The van der Waals surface area contributed by atoms with Gasteiger partial charge >= 0.3 is 0 Å². The van der Waals surface area contributed by atoms with Crippen LogP contribution in [0.15, 0.2) is 11.0 Å². The summed E-state index contributed by atoms with van der Waals surface area (Å²) in [6.07, 6.45) is -2.73. The number of rotatable bonds is 2. The second-order valence-electron chi connectivity index (χ2n) is 2.68. The Morgan fingerprint density at radius 2 is 2.07 bits per heavy atom. The van der Waals surface area contributed by atoms with E-state index in [1.807, 2.05) is 0 Å². The number of alkyl halides is 2. The maximum Gasteiger partial charge on any atom is 0.281 e. The van der Waals surface area contributed by atoms with Gasteiger partial charge in [-0.1, -0.05) is 0 Å². The molecule has 0 aromatic carbocycles. The van der Waals surface area contributed by atoms with Gasteiger partial charge in [0.05, 0.1) is 5.69 Å². The van der Waals surface area contributed by atoms with E-state index in [9.17, 15) is 17.2 Å². The highest BCUT2D eigenvalue weighted by Gasteiger charge is 2.21. The summed E-state index contributed by atoms with van der Waals surface area (Å²) >= 11 is 1.59. The van der Waals surface area contributed by atoms with Gasteiger partial charge in [-0.2, -0.15) is 0 Å². The summed E-state index contributed by atoms with van der Waals surface area (Å²) in [5.41, 5.74) is -0.460. The molecule has 3 nitrogen and oxygen atoms in total. The molecule has 1 aromatic rings. The van der Waals surface area contributed by atoms with Gasteiger partial charge in [0.2, 0.25) is 0 Å². The van der Waals surface area contributed by atoms with Gasteiger partial charge in [-0.15, -0.1) is 0 Å². The number of hydrogen-bond donors (Lipinski definition) is 0. The molecule has 8 heteroatoms. The molecule has 0 atom stereocenters. The second kappa shape index (κ2) is 4.46. The van der Waals surface area contributed by atoms with Crippen LogP contribution in [0, 0.1) is 10.5 Å². The van der Waals surface area contributed by atoms with Crippen LogP contribution in [0.4, 0.5) is 8.78 Å². The van der Waals surface area contributed by atoms with Crippen molar-refractivity contribution in [2.24, 2.45) is 0 Å². The summed E-state index contributed by atoms with van der Waals surface area (Å²) in [4.78, 5) is 3.28. The topological polar surface area (TPSA) is 47.0 Å². The maximum absolute atomic E-state index is 12.4. The van der Waals surface area contributed by atoms with E-state index in [-0.39, 0.29) is 14.2 Å². The second-order valence-corrected chi connectivity index (χ2v) is 6.37. The highest BCUT2D eigenvalue weighted by atomic mass is 127. The monoisotopic (exact) mass is 367 g/mol. The Kier molecular flexibility index (Phi) is 3.88. The molecule has 0 aliphatic carbocycles. The first-order valence-electron chi connectivity index (χ1n) is 3.63. The fourth-order valence-electron chi connectivity index (χ4n) is 0.983. The van der Waals surface area contributed by atoms with Gasteiger partial charge < -0.3 is 0 Å². The molecule has 0 saturated heterocycles. The lowest BCUT2D eigenvalue weighted by Crippen LogP contribution is -2.03. The summed E-state index contributed by atoms with van der Waals surface area (Å²) in [5, 5.41) is 0. The fourth-order valence-corrected chi connectivity index (χ4v) is 2.99. The number of nitrogens with zero attached hydrogens (tertiary/aromatic N) is 1. The fraction of sp³-hybridized carbons (Fsp3) is 0.286. The standard InChI is InChI=1S/C7H5ClF2INO2S/c1-3-5(15(8,13)14)2-4(11)6(12-3)7(9)10/h2,7H,1H3. The zero-order valence-electron chi connectivity index (χ0n) is 7.34. The first-order valence-corrected chi connectivity index (χ1v) is 7.02. The molecule has 1 heterocycles. The Bertz CT molecular complexity index is 492. The third kappa shape index (κ3) is 2.97. The van der Waals surface area contributed by atoms with Crippen LogP contribution < -0.4 is 0 Å². The summed E-state index contributed by atoms with van der Waals surface area (Å²) in [7, 11) is 1.17. The Hall–Kier alpha value is -0.0200. The average molecular weight is 368 g/mol. The zero-order chi connectivity index (χ0) is 11.8. The molecular weight excluding hydrogens is 363 g/mol. The van der Waals surface area contributed by atoms with Gasteiger partial charge in [0, 0.05) is 14.3 Å². The minimum atomic E-state index is -3.94. The SMILES string of the molecule is Cc1nc(C(F)F)c(I)cc1S(=O)(=O)Cl. The van der Waals surface area contributed by atoms with Gasteiger partial charge in [-0.3, -0.25) is 0 Å². The molecule has 0 aliphatic heterocycles. The lowest BCUT2D eigenvalue weighted by atomic mass is 10.3. The molecule has 0 N–H and O–H groups in total. The van der Waals surface area contributed by atoms with E-state index in [4.69, 9.17) is 10.7 Å². The van der Waals surface area contributed by atoms with Gasteiger partial charge in [-0.25, -0.2) is 22.2 Å². The largest absolute Gasteiger partial charge is 0.281 e. The first kappa shape index (κ1) is 13.0. The molecule has 0 amide bonds. The predicted molar refractivity (Wildman–Crippen MR) is 59.7 cm³/mol. The van der Waals surface area contributed by atoms with E-state index in [0.717, 1.165) is 6.07 Å². The quantitative estimate of drug-likeness (QED) is 0.596. The first-order chi connectivity index (χ1) is 6.73. The Labute approximate surface area is 103 Å². The highest BCUT2D eigenvalue weighted by Crippen LogP contribution is 2.27. The Balaban J connectivity index is 3.46. The molecule has 0 bridgehead atoms. The van der Waals surface area contributed by atoms with Crippen LogP contribution in [0.25, 0.3) is 0 Å². The van der Waals surface area contributed by atoms with E-state index < -0.39 is 21.2 Å². The Morgan fingerprint density at radius 3 is 2.47 bits per heavy atom. The van der Waals surface area contributed by atoms with E-state index in [1.54, 1.807) is 22.6 Å². The zero-order valence-corrected chi connectivity index (χ0v) is 11.1. The highest BCUT2D eigenvalue weighted by molar-refractivity contribution is 14.1. The lowest BCUT2D eigenvalue weighted by molar-refractivity contribution is 0.144. The number of pyridine rings is 1. The van der Waals surface area contributed by atoms with Crippen molar-refractivity contribution in [1.82, 2.24) is 4.98 Å². The molecule has 0 fully saturated rings. The lowest BCUT2D eigenvalue weighted by Gasteiger charge is -2.07. The molecule has 0 unspecified atom stereocenters. The molecule has 0 radical (unpaired) electrons. The van der Waals surface area contributed by atoms with Gasteiger partial charge in [-0.05, 0) is 35.6 Å². The number of hydrogen-bond acceptors (Lipinski definition) is 3. The van der Waals surface area contributed by atoms with Crippen molar-refractivity contribution in [3.63, 3.8) is 0 Å². The number of halogens is 4. The summed E-state index contributed by atoms with van der Waals surface area (Å²) in [5.74, 6) is 0. The molecular formula is C7H5ClF2INO2S. The molecule has 0 spiro atoms. The van der Waals surface area contributed by atoms with Gasteiger partial charge in [0.25, 0.3) is 15.5 Å². The van der Waals surface area contributed by atoms with Gasteiger partial charge in [0.15, 0.2) is 0 Å². The Morgan fingerprint density at radius 1 is 1.53 bits per heavy atom. The van der Waals surface area contributed by atoms with E-state index in [0.29, 0.717) is 0 Å². The summed E-state index contributed by atoms with van der Waals surface area (Å²) in [6.45, 7) is 1.32. The molecule has 15 heavy (non-hydrogen) atoms. The van der Waals surface area contributed by atoms with Crippen molar-refractivity contribution >= 4 is 42.3 Å².